The Morgan fingerprint density at radius 2 is 1.91 bits per heavy atom. The fraction of sp³-hybridized carbons (Fsp3) is 0.500. The predicted octanol–water partition coefficient (Wildman–Crippen LogP) is 2.98. The molecule has 0 saturated heterocycles. The Bertz CT molecular complexity index is 542. The molecule has 0 radical (unpaired) electrons. The monoisotopic (exact) mass is 298 g/mol. The van der Waals surface area contributed by atoms with Gasteiger partial charge in [0.15, 0.2) is 11.7 Å². The molecule has 0 spiro atoms. The van der Waals surface area contributed by atoms with E-state index in [2.05, 4.69) is 5.32 Å². The van der Waals surface area contributed by atoms with Crippen molar-refractivity contribution in [3.63, 3.8) is 0 Å². The molecule has 1 aromatic rings. The molecule has 1 fully saturated rings. The van der Waals surface area contributed by atoms with Gasteiger partial charge in [-0.1, -0.05) is 56.0 Å². The predicted molar refractivity (Wildman–Crippen MR) is 83.6 cm³/mol. The van der Waals surface area contributed by atoms with Crippen LogP contribution in [0.3, 0.4) is 0 Å². The van der Waals surface area contributed by atoms with Gasteiger partial charge in [0, 0.05) is 13.0 Å². The molecule has 1 unspecified atom stereocenters. The topological polar surface area (TPSA) is 70.0 Å². The molecule has 4 heteroatoms. The van der Waals surface area contributed by atoms with Crippen LogP contribution in [0.2, 0.25) is 0 Å². The van der Waals surface area contributed by atoms with Crippen LogP contribution in [0.15, 0.2) is 30.3 Å². The quantitative estimate of drug-likeness (QED) is 0.787. The van der Waals surface area contributed by atoms with Gasteiger partial charge in [0.05, 0.1) is 6.07 Å². The number of benzene rings is 1. The fourth-order valence-corrected chi connectivity index (χ4v) is 2.95. The number of rotatable bonds is 7. The van der Waals surface area contributed by atoms with Crippen LogP contribution in [0.1, 0.15) is 44.1 Å². The van der Waals surface area contributed by atoms with Gasteiger partial charge in [0.1, 0.15) is 0 Å². The molecular formula is C18H22N2O2. The Labute approximate surface area is 131 Å². The van der Waals surface area contributed by atoms with Crippen LogP contribution in [-0.4, -0.2) is 11.7 Å². The molecule has 1 atom stereocenters. The second kappa shape index (κ2) is 8.33. The first-order chi connectivity index (χ1) is 10.7. The summed E-state index contributed by atoms with van der Waals surface area (Å²) in [4.78, 5) is 24.1. The number of ketones is 1. The number of amides is 1. The van der Waals surface area contributed by atoms with Crippen LogP contribution in [-0.2, 0) is 16.1 Å². The first-order valence-corrected chi connectivity index (χ1v) is 7.94. The molecule has 0 bridgehead atoms. The Morgan fingerprint density at radius 3 is 2.55 bits per heavy atom. The van der Waals surface area contributed by atoms with E-state index >= 15 is 0 Å². The average molecular weight is 298 g/mol. The van der Waals surface area contributed by atoms with Crippen molar-refractivity contribution in [3.8, 4) is 6.07 Å². The van der Waals surface area contributed by atoms with E-state index in [1.807, 2.05) is 36.4 Å². The molecule has 1 aromatic carbocycles. The summed E-state index contributed by atoms with van der Waals surface area (Å²) in [5, 5.41) is 11.8. The first-order valence-electron chi connectivity index (χ1n) is 7.94. The largest absolute Gasteiger partial charge is 0.350 e. The summed E-state index contributed by atoms with van der Waals surface area (Å²) in [7, 11) is 0. The van der Waals surface area contributed by atoms with Crippen LogP contribution in [0.5, 0.6) is 0 Å². The van der Waals surface area contributed by atoms with Gasteiger partial charge in [-0.05, 0) is 17.9 Å². The van der Waals surface area contributed by atoms with Crippen molar-refractivity contribution in [1.29, 1.82) is 5.26 Å². The highest BCUT2D eigenvalue weighted by Crippen LogP contribution is 2.28. The van der Waals surface area contributed by atoms with Crippen molar-refractivity contribution >= 4 is 11.7 Å². The zero-order valence-electron chi connectivity index (χ0n) is 12.8. The second-order valence-corrected chi connectivity index (χ2v) is 5.92. The third-order valence-corrected chi connectivity index (χ3v) is 4.30. The SMILES string of the molecule is N#CC(C(=O)CCC1CCCC1)C(=O)NCc1ccccc1. The lowest BCUT2D eigenvalue weighted by Crippen LogP contribution is -2.34. The number of carbonyl (C=O) groups is 2. The third kappa shape index (κ3) is 4.70. The summed E-state index contributed by atoms with van der Waals surface area (Å²) >= 11 is 0. The number of Topliss-reactive ketones (excluding diaryl/α,β-unsaturated/α-hetero) is 1. The number of hydrogen-bond acceptors (Lipinski definition) is 3. The number of carbonyl (C=O) groups excluding carboxylic acids is 2. The molecule has 1 aliphatic carbocycles. The van der Waals surface area contributed by atoms with E-state index in [1.54, 1.807) is 0 Å². The Hall–Kier alpha value is -2.15. The van der Waals surface area contributed by atoms with Crippen molar-refractivity contribution < 1.29 is 9.59 Å². The maximum Gasteiger partial charge on any atom is 0.245 e. The fourth-order valence-electron chi connectivity index (χ4n) is 2.95. The molecule has 1 saturated carbocycles. The van der Waals surface area contributed by atoms with Gasteiger partial charge < -0.3 is 5.32 Å². The summed E-state index contributed by atoms with van der Waals surface area (Å²) in [6, 6.07) is 11.3. The number of nitriles is 1. The first kappa shape index (κ1) is 16.2. The van der Waals surface area contributed by atoms with Crippen molar-refractivity contribution in [2.75, 3.05) is 0 Å². The molecule has 4 nitrogen and oxygen atoms in total. The smallest absolute Gasteiger partial charge is 0.245 e. The van der Waals surface area contributed by atoms with E-state index in [1.165, 1.54) is 25.7 Å². The van der Waals surface area contributed by atoms with Crippen LogP contribution < -0.4 is 5.32 Å². The molecule has 116 valence electrons. The minimum atomic E-state index is -1.18. The zero-order valence-corrected chi connectivity index (χ0v) is 12.8. The van der Waals surface area contributed by atoms with Gasteiger partial charge in [0.2, 0.25) is 5.91 Å². The molecule has 0 aromatic heterocycles. The summed E-state index contributed by atoms with van der Waals surface area (Å²) in [6.45, 7) is 0.341. The Morgan fingerprint density at radius 1 is 1.23 bits per heavy atom. The number of nitrogens with one attached hydrogen (secondary N) is 1. The van der Waals surface area contributed by atoms with Crippen LogP contribution >= 0.6 is 0 Å². The van der Waals surface area contributed by atoms with E-state index < -0.39 is 11.8 Å². The molecule has 2 rings (SSSR count). The van der Waals surface area contributed by atoms with Crippen LogP contribution in [0, 0.1) is 23.2 Å². The van der Waals surface area contributed by atoms with Gasteiger partial charge in [0.25, 0.3) is 0 Å². The molecule has 0 heterocycles. The summed E-state index contributed by atoms with van der Waals surface area (Å²) in [5.41, 5.74) is 0.950. The summed E-state index contributed by atoms with van der Waals surface area (Å²) in [5.74, 6) is -1.32. The minimum absolute atomic E-state index is 0.250. The molecule has 0 aliphatic heterocycles. The minimum Gasteiger partial charge on any atom is -0.350 e. The standard InChI is InChI=1S/C18H22N2O2/c19-12-16(17(21)11-10-14-6-4-5-7-14)18(22)20-13-15-8-2-1-3-9-15/h1-3,8-9,14,16H,4-7,10-11,13H2,(H,20,22). The molecule has 1 aliphatic rings. The van der Waals surface area contributed by atoms with Crippen molar-refractivity contribution in [2.45, 2.75) is 45.1 Å². The van der Waals surface area contributed by atoms with Crippen molar-refractivity contribution in [2.24, 2.45) is 11.8 Å². The van der Waals surface area contributed by atoms with E-state index in [9.17, 15) is 9.59 Å². The second-order valence-electron chi connectivity index (χ2n) is 5.92. The number of hydrogen-bond donors (Lipinski definition) is 1. The number of nitrogens with zero attached hydrogens (tertiary/aromatic N) is 1. The van der Waals surface area contributed by atoms with E-state index in [0.717, 1.165) is 12.0 Å². The van der Waals surface area contributed by atoms with Gasteiger partial charge in [-0.15, -0.1) is 0 Å². The molecule has 1 N–H and O–H groups in total. The molecule has 1 amide bonds. The lowest BCUT2D eigenvalue weighted by molar-refractivity contribution is -0.131. The van der Waals surface area contributed by atoms with Gasteiger partial charge in [-0.2, -0.15) is 5.26 Å². The maximum atomic E-state index is 12.1. The maximum absolute atomic E-state index is 12.1. The Kier molecular flexibility index (Phi) is 6.14. The van der Waals surface area contributed by atoms with Crippen LogP contribution in [0.25, 0.3) is 0 Å². The highest BCUT2D eigenvalue weighted by molar-refractivity contribution is 6.03. The van der Waals surface area contributed by atoms with Gasteiger partial charge in [-0.3, -0.25) is 9.59 Å². The van der Waals surface area contributed by atoms with E-state index in [0.29, 0.717) is 18.9 Å². The summed E-state index contributed by atoms with van der Waals surface area (Å²) < 4.78 is 0. The van der Waals surface area contributed by atoms with Crippen molar-refractivity contribution in [1.82, 2.24) is 5.32 Å². The summed E-state index contributed by atoms with van der Waals surface area (Å²) in [6.07, 6.45) is 5.95. The molecular weight excluding hydrogens is 276 g/mol. The van der Waals surface area contributed by atoms with Gasteiger partial charge in [-0.25, -0.2) is 0 Å². The molecule has 22 heavy (non-hydrogen) atoms. The van der Waals surface area contributed by atoms with E-state index in [4.69, 9.17) is 5.26 Å². The lowest BCUT2D eigenvalue weighted by atomic mass is 9.94. The van der Waals surface area contributed by atoms with Crippen LogP contribution in [0.4, 0.5) is 0 Å². The average Bonchev–Trinajstić information content (AvgIpc) is 3.06. The van der Waals surface area contributed by atoms with Crippen molar-refractivity contribution in [3.05, 3.63) is 35.9 Å². The van der Waals surface area contributed by atoms with E-state index in [-0.39, 0.29) is 5.78 Å². The Balaban J connectivity index is 1.80. The lowest BCUT2D eigenvalue weighted by Gasteiger charge is -2.11. The zero-order chi connectivity index (χ0) is 15.8. The van der Waals surface area contributed by atoms with Gasteiger partial charge >= 0.3 is 0 Å². The third-order valence-electron chi connectivity index (χ3n) is 4.30. The highest BCUT2D eigenvalue weighted by atomic mass is 16.2. The highest BCUT2D eigenvalue weighted by Gasteiger charge is 2.27. The normalized spacial score (nSPS) is 16.0.